The van der Waals surface area contributed by atoms with Crippen molar-refractivity contribution in [3.8, 4) is 0 Å². The summed E-state index contributed by atoms with van der Waals surface area (Å²) >= 11 is 0. The van der Waals surface area contributed by atoms with E-state index in [1.54, 1.807) is 12.3 Å². The molecule has 1 amide bonds. The average molecular weight is 378 g/mol. The first-order valence-electron chi connectivity index (χ1n) is 9.47. The molecule has 1 N–H and O–H groups in total. The first-order chi connectivity index (χ1) is 13.6. The number of carbonyl (C=O) groups is 1. The van der Waals surface area contributed by atoms with Crippen molar-refractivity contribution < 1.29 is 9.18 Å². The van der Waals surface area contributed by atoms with Gasteiger partial charge in [0.25, 0.3) is 5.91 Å². The third-order valence-corrected chi connectivity index (χ3v) is 5.25. The van der Waals surface area contributed by atoms with Crippen molar-refractivity contribution in [2.45, 2.75) is 19.5 Å². The van der Waals surface area contributed by atoms with Crippen LogP contribution in [0.1, 0.15) is 33.2 Å². The molecule has 0 aliphatic carbocycles. The Kier molecular flexibility index (Phi) is 5.21. The van der Waals surface area contributed by atoms with E-state index >= 15 is 0 Å². The summed E-state index contributed by atoms with van der Waals surface area (Å²) in [5.41, 5.74) is 3.37. The maximum atomic E-state index is 13.7. The molecule has 1 atom stereocenters. The Bertz CT molecular complexity index is 970. The number of aromatic nitrogens is 2. The zero-order valence-electron chi connectivity index (χ0n) is 15.8. The van der Waals surface area contributed by atoms with Crippen molar-refractivity contribution in [1.29, 1.82) is 0 Å². The molecular weight excluding hydrogens is 355 g/mol. The Morgan fingerprint density at radius 1 is 1.21 bits per heavy atom. The largest absolute Gasteiger partial charge is 0.329 e. The number of nitrogens with zero attached hydrogens (tertiary/aromatic N) is 3. The average Bonchev–Trinajstić information content (AvgIpc) is 3.08. The zero-order valence-corrected chi connectivity index (χ0v) is 15.8. The molecule has 0 radical (unpaired) electrons. The van der Waals surface area contributed by atoms with Gasteiger partial charge in [0.15, 0.2) is 0 Å². The van der Waals surface area contributed by atoms with E-state index in [1.165, 1.54) is 12.1 Å². The van der Waals surface area contributed by atoms with Gasteiger partial charge >= 0.3 is 0 Å². The van der Waals surface area contributed by atoms with Crippen LogP contribution in [0.4, 0.5) is 4.39 Å². The van der Waals surface area contributed by atoms with Gasteiger partial charge in [-0.25, -0.2) is 4.39 Å². The van der Waals surface area contributed by atoms with Crippen LogP contribution >= 0.6 is 0 Å². The van der Waals surface area contributed by atoms with Gasteiger partial charge in [0.05, 0.1) is 24.3 Å². The maximum Gasteiger partial charge on any atom is 0.257 e. The van der Waals surface area contributed by atoms with E-state index in [1.807, 2.05) is 52.9 Å². The summed E-state index contributed by atoms with van der Waals surface area (Å²) in [7, 11) is 0. The summed E-state index contributed by atoms with van der Waals surface area (Å²) in [6, 6.07) is 16.3. The number of nitrogens with one attached hydrogen (secondary N) is 1. The molecule has 28 heavy (non-hydrogen) atoms. The van der Waals surface area contributed by atoms with Crippen molar-refractivity contribution in [2.24, 2.45) is 0 Å². The van der Waals surface area contributed by atoms with Gasteiger partial charge in [-0.2, -0.15) is 5.10 Å². The van der Waals surface area contributed by atoms with E-state index < -0.39 is 0 Å². The quantitative estimate of drug-likeness (QED) is 0.759. The molecule has 0 spiro atoms. The third kappa shape index (κ3) is 3.68. The Balaban J connectivity index is 1.59. The highest BCUT2D eigenvalue weighted by atomic mass is 19.1. The van der Waals surface area contributed by atoms with E-state index in [0.717, 1.165) is 23.4 Å². The van der Waals surface area contributed by atoms with Crippen molar-refractivity contribution in [1.82, 2.24) is 20.0 Å². The highest BCUT2D eigenvalue weighted by Gasteiger charge is 2.30. The molecule has 2 aromatic carbocycles. The Morgan fingerprint density at radius 2 is 2.04 bits per heavy atom. The van der Waals surface area contributed by atoms with E-state index in [0.29, 0.717) is 25.2 Å². The summed E-state index contributed by atoms with van der Waals surface area (Å²) in [5, 5.41) is 7.74. The van der Waals surface area contributed by atoms with Crippen molar-refractivity contribution in [3.05, 3.63) is 89.0 Å². The van der Waals surface area contributed by atoms with Gasteiger partial charge in [-0.15, -0.1) is 0 Å². The summed E-state index contributed by atoms with van der Waals surface area (Å²) in [6.45, 7) is 4.43. The molecule has 144 valence electrons. The van der Waals surface area contributed by atoms with Crippen LogP contribution in [-0.2, 0) is 6.54 Å². The minimum absolute atomic E-state index is 0.0624. The first kappa shape index (κ1) is 18.4. The Morgan fingerprint density at radius 3 is 2.82 bits per heavy atom. The van der Waals surface area contributed by atoms with E-state index in [4.69, 9.17) is 0 Å². The van der Waals surface area contributed by atoms with Crippen LogP contribution in [0, 0.1) is 12.7 Å². The molecule has 0 saturated carbocycles. The number of carbonyl (C=O) groups excluding carboxylic acids is 1. The number of hydrogen-bond acceptors (Lipinski definition) is 3. The van der Waals surface area contributed by atoms with Crippen LogP contribution in [0.2, 0.25) is 0 Å². The Hall–Kier alpha value is -2.99. The predicted octanol–water partition coefficient (Wildman–Crippen LogP) is 3.17. The number of hydrogen-bond donors (Lipinski definition) is 1. The van der Waals surface area contributed by atoms with Gasteiger partial charge in [0.2, 0.25) is 0 Å². The number of amides is 1. The smallest absolute Gasteiger partial charge is 0.257 e. The van der Waals surface area contributed by atoms with Gasteiger partial charge in [-0.05, 0) is 30.2 Å². The van der Waals surface area contributed by atoms with Crippen LogP contribution in [0.5, 0.6) is 0 Å². The molecule has 1 unspecified atom stereocenters. The second kappa shape index (κ2) is 7.94. The molecule has 1 aliphatic rings. The number of piperazine rings is 1. The lowest BCUT2D eigenvalue weighted by atomic mass is 10.0. The van der Waals surface area contributed by atoms with Gasteiger partial charge in [-0.1, -0.05) is 42.5 Å². The number of halogens is 1. The maximum absolute atomic E-state index is 13.7. The van der Waals surface area contributed by atoms with Gasteiger partial charge in [0, 0.05) is 25.3 Å². The van der Waals surface area contributed by atoms with Crippen LogP contribution in [0.3, 0.4) is 0 Å². The molecule has 1 aromatic heterocycles. The number of benzene rings is 2. The zero-order chi connectivity index (χ0) is 19.5. The van der Waals surface area contributed by atoms with Crippen LogP contribution in [0.25, 0.3) is 0 Å². The van der Waals surface area contributed by atoms with Crippen molar-refractivity contribution in [3.63, 3.8) is 0 Å². The minimum Gasteiger partial charge on any atom is -0.329 e. The minimum atomic E-state index is -0.290. The topological polar surface area (TPSA) is 50.2 Å². The van der Waals surface area contributed by atoms with Crippen LogP contribution < -0.4 is 5.32 Å². The van der Waals surface area contributed by atoms with Gasteiger partial charge in [0.1, 0.15) is 5.82 Å². The molecule has 1 saturated heterocycles. The molecule has 0 bridgehead atoms. The van der Waals surface area contributed by atoms with Crippen molar-refractivity contribution >= 4 is 5.91 Å². The second-order valence-electron chi connectivity index (χ2n) is 7.06. The molecular formula is C22H23FN4O. The molecule has 4 rings (SSSR count). The van der Waals surface area contributed by atoms with Crippen molar-refractivity contribution in [2.75, 3.05) is 19.6 Å². The summed E-state index contributed by atoms with van der Waals surface area (Å²) in [6.07, 6.45) is 1.64. The summed E-state index contributed by atoms with van der Waals surface area (Å²) < 4.78 is 15.6. The normalized spacial score (nSPS) is 16.9. The standard InChI is InChI=1S/C22H23FN4O/c1-16-20(13-25-27(16)15-17-6-3-2-4-7-17)22(28)26-11-10-24-14-21(26)18-8-5-9-19(23)12-18/h2-9,12-13,21,24H,10-11,14-15H2,1H3. The molecule has 5 nitrogen and oxygen atoms in total. The lowest BCUT2D eigenvalue weighted by Crippen LogP contribution is -2.48. The lowest BCUT2D eigenvalue weighted by molar-refractivity contribution is 0.0633. The lowest BCUT2D eigenvalue weighted by Gasteiger charge is -2.36. The molecule has 3 aromatic rings. The highest BCUT2D eigenvalue weighted by Crippen LogP contribution is 2.25. The highest BCUT2D eigenvalue weighted by molar-refractivity contribution is 5.95. The number of rotatable bonds is 4. The van der Waals surface area contributed by atoms with Gasteiger partial charge < -0.3 is 10.2 Å². The first-order valence-corrected chi connectivity index (χ1v) is 9.47. The summed E-state index contributed by atoms with van der Waals surface area (Å²) in [5.74, 6) is -0.352. The monoisotopic (exact) mass is 378 g/mol. The second-order valence-corrected chi connectivity index (χ2v) is 7.06. The fraction of sp³-hybridized carbons (Fsp3) is 0.273. The van der Waals surface area contributed by atoms with E-state index in [-0.39, 0.29) is 17.8 Å². The Labute approximate surface area is 163 Å². The molecule has 2 heterocycles. The van der Waals surface area contributed by atoms with E-state index in [9.17, 15) is 9.18 Å². The predicted molar refractivity (Wildman–Crippen MR) is 106 cm³/mol. The third-order valence-electron chi connectivity index (χ3n) is 5.25. The summed E-state index contributed by atoms with van der Waals surface area (Å²) in [4.78, 5) is 15.1. The fourth-order valence-electron chi connectivity index (χ4n) is 3.69. The van der Waals surface area contributed by atoms with Gasteiger partial charge in [-0.3, -0.25) is 9.48 Å². The van der Waals surface area contributed by atoms with E-state index in [2.05, 4.69) is 10.4 Å². The molecule has 6 heteroatoms. The SMILES string of the molecule is Cc1c(C(=O)N2CCNCC2c2cccc(F)c2)cnn1Cc1ccccc1. The van der Waals surface area contributed by atoms with Crippen LogP contribution in [-0.4, -0.2) is 40.2 Å². The molecule has 1 fully saturated rings. The van der Waals surface area contributed by atoms with Crippen LogP contribution in [0.15, 0.2) is 60.8 Å². The molecule has 1 aliphatic heterocycles. The fourth-order valence-corrected chi connectivity index (χ4v) is 3.69.